The van der Waals surface area contributed by atoms with Crippen LogP contribution in [0.5, 0.6) is 0 Å². The molecule has 3 rings (SSSR count). The number of aromatic amines is 1. The zero-order valence-electron chi connectivity index (χ0n) is 13.2. The summed E-state index contributed by atoms with van der Waals surface area (Å²) in [5.41, 5.74) is 4.81. The highest BCUT2D eigenvalue weighted by Gasteiger charge is 2.06. The van der Waals surface area contributed by atoms with Crippen molar-refractivity contribution < 1.29 is 4.79 Å². The van der Waals surface area contributed by atoms with E-state index in [2.05, 4.69) is 38.8 Å². The molecule has 2 N–H and O–H groups in total. The van der Waals surface area contributed by atoms with Crippen LogP contribution in [0.25, 0.3) is 5.69 Å². The lowest BCUT2D eigenvalue weighted by Crippen LogP contribution is -2.26. The molecule has 2 aromatic heterocycles. The third-order valence-electron chi connectivity index (χ3n) is 3.64. The van der Waals surface area contributed by atoms with Crippen LogP contribution in [-0.4, -0.2) is 32.4 Å². The van der Waals surface area contributed by atoms with E-state index in [9.17, 15) is 4.79 Å². The van der Waals surface area contributed by atoms with Gasteiger partial charge in [-0.25, -0.2) is 4.68 Å². The number of benzene rings is 1. The second-order valence-electron chi connectivity index (χ2n) is 5.48. The van der Waals surface area contributed by atoms with E-state index < -0.39 is 0 Å². The first-order valence-electron chi connectivity index (χ1n) is 7.53. The Morgan fingerprint density at radius 3 is 2.61 bits per heavy atom. The number of hydrogen-bond donors (Lipinski definition) is 2. The van der Waals surface area contributed by atoms with Gasteiger partial charge >= 0.3 is 0 Å². The first-order valence-corrected chi connectivity index (χ1v) is 7.53. The van der Waals surface area contributed by atoms with Gasteiger partial charge in [-0.15, -0.1) is 0 Å². The molecule has 0 fully saturated rings. The minimum absolute atomic E-state index is 0.137. The summed E-state index contributed by atoms with van der Waals surface area (Å²) in [5.74, 6) is -0.137. The Morgan fingerprint density at radius 2 is 2.00 bits per heavy atom. The second-order valence-corrected chi connectivity index (χ2v) is 5.48. The highest BCUT2D eigenvalue weighted by Crippen LogP contribution is 2.13. The minimum atomic E-state index is -0.137. The van der Waals surface area contributed by atoms with E-state index in [1.807, 2.05) is 30.7 Å². The predicted molar refractivity (Wildman–Crippen MR) is 87.7 cm³/mol. The van der Waals surface area contributed by atoms with Crippen LogP contribution in [0.1, 0.15) is 27.4 Å². The van der Waals surface area contributed by atoms with Crippen LogP contribution in [-0.2, 0) is 6.42 Å². The Kier molecular flexibility index (Phi) is 4.23. The van der Waals surface area contributed by atoms with Crippen molar-refractivity contribution in [1.82, 2.24) is 25.3 Å². The van der Waals surface area contributed by atoms with Gasteiger partial charge in [0.05, 0.1) is 11.4 Å². The molecule has 0 unspecified atom stereocenters. The Morgan fingerprint density at radius 1 is 1.22 bits per heavy atom. The molecule has 23 heavy (non-hydrogen) atoms. The molecule has 0 spiro atoms. The van der Waals surface area contributed by atoms with Crippen LogP contribution in [0.2, 0.25) is 0 Å². The monoisotopic (exact) mass is 309 g/mol. The fraction of sp³-hybridized carbons (Fsp3) is 0.235. The molecule has 1 aromatic carbocycles. The van der Waals surface area contributed by atoms with Crippen LogP contribution >= 0.6 is 0 Å². The summed E-state index contributed by atoms with van der Waals surface area (Å²) in [7, 11) is 0. The molecule has 1 amide bonds. The van der Waals surface area contributed by atoms with Gasteiger partial charge in [-0.2, -0.15) is 10.2 Å². The molecule has 0 aliphatic carbocycles. The molecule has 6 nitrogen and oxygen atoms in total. The van der Waals surface area contributed by atoms with Crippen molar-refractivity contribution >= 4 is 5.91 Å². The molecule has 0 saturated heterocycles. The molecule has 0 atom stereocenters. The van der Waals surface area contributed by atoms with Crippen molar-refractivity contribution in [3.8, 4) is 5.69 Å². The third-order valence-corrected chi connectivity index (χ3v) is 3.64. The van der Waals surface area contributed by atoms with Crippen LogP contribution in [0.15, 0.2) is 42.6 Å². The van der Waals surface area contributed by atoms with Gasteiger partial charge in [0.1, 0.15) is 5.69 Å². The maximum atomic E-state index is 11.8. The SMILES string of the molecule is Cc1cc(C)n(-c2ccc(CCNC(=O)c3ccn[nH]3)cc2)n1. The molecule has 3 aromatic rings. The smallest absolute Gasteiger partial charge is 0.269 e. The normalized spacial score (nSPS) is 10.7. The van der Waals surface area contributed by atoms with E-state index in [1.54, 1.807) is 12.3 Å². The van der Waals surface area contributed by atoms with Gasteiger partial charge in [-0.1, -0.05) is 12.1 Å². The highest BCUT2D eigenvalue weighted by molar-refractivity contribution is 5.92. The topological polar surface area (TPSA) is 75.6 Å². The zero-order chi connectivity index (χ0) is 16.2. The van der Waals surface area contributed by atoms with Crippen molar-refractivity contribution in [2.45, 2.75) is 20.3 Å². The molecule has 6 heteroatoms. The van der Waals surface area contributed by atoms with Crippen molar-refractivity contribution in [1.29, 1.82) is 0 Å². The van der Waals surface area contributed by atoms with Crippen molar-refractivity contribution in [2.24, 2.45) is 0 Å². The van der Waals surface area contributed by atoms with E-state index in [0.717, 1.165) is 23.5 Å². The Balaban J connectivity index is 1.58. The fourth-order valence-corrected chi connectivity index (χ4v) is 2.49. The van der Waals surface area contributed by atoms with Crippen molar-refractivity contribution in [3.63, 3.8) is 0 Å². The summed E-state index contributed by atoms with van der Waals surface area (Å²) in [4.78, 5) is 11.8. The lowest BCUT2D eigenvalue weighted by Gasteiger charge is -2.07. The van der Waals surface area contributed by atoms with Gasteiger partial charge in [-0.3, -0.25) is 9.89 Å². The number of carbonyl (C=O) groups excluding carboxylic acids is 1. The van der Waals surface area contributed by atoms with E-state index in [1.165, 1.54) is 5.56 Å². The Labute approximate surface area is 134 Å². The first-order chi connectivity index (χ1) is 11.1. The molecular formula is C17H19N5O. The average molecular weight is 309 g/mol. The van der Waals surface area contributed by atoms with E-state index >= 15 is 0 Å². The van der Waals surface area contributed by atoms with Crippen molar-refractivity contribution in [3.05, 3.63) is 65.2 Å². The summed E-state index contributed by atoms with van der Waals surface area (Å²) >= 11 is 0. The summed E-state index contributed by atoms with van der Waals surface area (Å²) in [6, 6.07) is 11.9. The molecule has 0 aliphatic rings. The molecule has 0 saturated carbocycles. The summed E-state index contributed by atoms with van der Waals surface area (Å²) < 4.78 is 1.93. The molecule has 0 bridgehead atoms. The highest BCUT2D eigenvalue weighted by atomic mass is 16.1. The maximum absolute atomic E-state index is 11.8. The number of nitrogens with one attached hydrogen (secondary N) is 2. The van der Waals surface area contributed by atoms with Gasteiger partial charge in [-0.05, 0) is 50.1 Å². The second kappa shape index (κ2) is 6.48. The van der Waals surface area contributed by atoms with Crippen LogP contribution < -0.4 is 5.32 Å². The van der Waals surface area contributed by atoms with Gasteiger partial charge in [0.15, 0.2) is 0 Å². The number of aromatic nitrogens is 4. The number of rotatable bonds is 5. The van der Waals surface area contributed by atoms with E-state index in [0.29, 0.717) is 12.2 Å². The zero-order valence-corrected chi connectivity index (χ0v) is 13.2. The predicted octanol–water partition coefficient (Wildman–Crippen LogP) is 2.18. The van der Waals surface area contributed by atoms with Crippen LogP contribution in [0.3, 0.4) is 0 Å². The van der Waals surface area contributed by atoms with Gasteiger partial charge in [0, 0.05) is 18.4 Å². The largest absolute Gasteiger partial charge is 0.350 e. The third kappa shape index (κ3) is 3.48. The van der Waals surface area contributed by atoms with E-state index in [4.69, 9.17) is 0 Å². The molecule has 118 valence electrons. The molecule has 2 heterocycles. The number of aryl methyl sites for hydroxylation is 2. The van der Waals surface area contributed by atoms with Crippen molar-refractivity contribution in [2.75, 3.05) is 6.54 Å². The minimum Gasteiger partial charge on any atom is -0.350 e. The average Bonchev–Trinajstić information content (AvgIpc) is 3.18. The van der Waals surface area contributed by atoms with Gasteiger partial charge < -0.3 is 5.32 Å². The number of hydrogen-bond acceptors (Lipinski definition) is 3. The number of nitrogens with zero attached hydrogens (tertiary/aromatic N) is 3. The number of amides is 1. The Bertz CT molecular complexity index is 787. The standard InChI is InChI=1S/C17H19N5O/c1-12-11-13(2)22(21-12)15-5-3-14(4-6-15)7-9-18-17(23)16-8-10-19-20-16/h3-6,8,10-11H,7,9H2,1-2H3,(H,18,23)(H,19,20). The lowest BCUT2D eigenvalue weighted by atomic mass is 10.1. The quantitative estimate of drug-likeness (QED) is 0.758. The molecule has 0 radical (unpaired) electrons. The summed E-state index contributed by atoms with van der Waals surface area (Å²) in [6.45, 7) is 4.61. The maximum Gasteiger partial charge on any atom is 0.269 e. The Hall–Kier alpha value is -2.89. The number of carbonyl (C=O) groups is 1. The van der Waals surface area contributed by atoms with Crippen LogP contribution in [0, 0.1) is 13.8 Å². The summed E-state index contributed by atoms with van der Waals surface area (Å²) in [6.07, 6.45) is 2.34. The van der Waals surface area contributed by atoms with Gasteiger partial charge in [0.2, 0.25) is 0 Å². The summed E-state index contributed by atoms with van der Waals surface area (Å²) in [5, 5.41) is 13.7. The fourth-order valence-electron chi connectivity index (χ4n) is 2.49. The molecule has 0 aliphatic heterocycles. The number of H-pyrrole nitrogens is 1. The first kappa shape index (κ1) is 15.0. The van der Waals surface area contributed by atoms with Crippen LogP contribution in [0.4, 0.5) is 0 Å². The molecular weight excluding hydrogens is 290 g/mol. The van der Waals surface area contributed by atoms with E-state index in [-0.39, 0.29) is 5.91 Å². The van der Waals surface area contributed by atoms with Gasteiger partial charge in [0.25, 0.3) is 5.91 Å². The lowest BCUT2D eigenvalue weighted by molar-refractivity contribution is 0.0949.